The van der Waals surface area contributed by atoms with Crippen molar-refractivity contribution in [3.8, 4) is 6.07 Å². The lowest BCUT2D eigenvalue weighted by Gasteiger charge is -2.34. The van der Waals surface area contributed by atoms with Crippen LogP contribution in [0.15, 0.2) is 36.5 Å². The molecule has 1 aromatic heterocycles. The minimum absolute atomic E-state index is 0.0695. The van der Waals surface area contributed by atoms with E-state index in [0.29, 0.717) is 50.4 Å². The molecule has 1 aliphatic heterocycles. The predicted molar refractivity (Wildman–Crippen MR) is 107 cm³/mol. The summed E-state index contributed by atoms with van der Waals surface area (Å²) in [5, 5.41) is 9.84. The largest absolute Gasteiger partial charge is 0.453 e. The number of halogens is 1. The highest BCUT2D eigenvalue weighted by molar-refractivity contribution is 5.79. The average Bonchev–Trinajstić information content (AvgIpc) is 2.79. The van der Waals surface area contributed by atoms with Crippen molar-refractivity contribution in [1.29, 1.82) is 5.26 Å². The number of hydrazine groups is 1. The van der Waals surface area contributed by atoms with Gasteiger partial charge in [0.05, 0.1) is 19.0 Å². The van der Waals surface area contributed by atoms with Gasteiger partial charge < -0.3 is 9.64 Å². The third-order valence-corrected chi connectivity index (χ3v) is 4.75. The van der Waals surface area contributed by atoms with Gasteiger partial charge in [-0.15, -0.1) is 0 Å². The van der Waals surface area contributed by atoms with Crippen molar-refractivity contribution in [3.63, 3.8) is 0 Å². The van der Waals surface area contributed by atoms with Crippen LogP contribution in [-0.2, 0) is 16.1 Å². The zero-order valence-corrected chi connectivity index (χ0v) is 16.4. The molecular weight excluding hydrogens is 391 g/mol. The predicted octanol–water partition coefficient (Wildman–Crippen LogP) is 1.97. The summed E-state index contributed by atoms with van der Waals surface area (Å²) in [4.78, 5) is 30.7. The van der Waals surface area contributed by atoms with Gasteiger partial charge in [-0.25, -0.2) is 19.2 Å². The number of rotatable bonds is 6. The number of amides is 2. The van der Waals surface area contributed by atoms with Crippen molar-refractivity contribution >= 4 is 23.9 Å². The first kappa shape index (κ1) is 21.0. The van der Waals surface area contributed by atoms with Gasteiger partial charge in [0, 0.05) is 38.3 Å². The first-order valence-electron chi connectivity index (χ1n) is 9.25. The Hall–Kier alpha value is -3.71. The lowest BCUT2D eigenvalue weighted by Crippen LogP contribution is -2.48. The third-order valence-electron chi connectivity index (χ3n) is 4.75. The van der Waals surface area contributed by atoms with Crippen molar-refractivity contribution in [2.24, 2.45) is 0 Å². The Balaban J connectivity index is 1.69. The average molecular weight is 412 g/mol. The number of benzene rings is 1. The van der Waals surface area contributed by atoms with Gasteiger partial charge in [-0.2, -0.15) is 5.26 Å². The smallest absolute Gasteiger partial charge is 0.409 e. The molecule has 0 bridgehead atoms. The van der Waals surface area contributed by atoms with E-state index in [-0.39, 0.29) is 17.5 Å². The number of hydrogen-bond acceptors (Lipinski definition) is 7. The highest BCUT2D eigenvalue weighted by Gasteiger charge is 2.23. The number of piperazine rings is 1. The van der Waals surface area contributed by atoms with Gasteiger partial charge in [0.2, 0.25) is 6.41 Å². The number of methoxy groups -OCH3 is 1. The van der Waals surface area contributed by atoms with Crippen LogP contribution < -0.4 is 10.4 Å². The van der Waals surface area contributed by atoms with Gasteiger partial charge in [-0.3, -0.25) is 15.1 Å². The van der Waals surface area contributed by atoms with Crippen molar-refractivity contribution < 1.29 is 18.7 Å². The van der Waals surface area contributed by atoms with Crippen LogP contribution in [0.5, 0.6) is 0 Å². The number of nitrogens with one attached hydrogen (secondary N) is 1. The second-order valence-electron chi connectivity index (χ2n) is 6.61. The molecule has 156 valence electrons. The zero-order chi connectivity index (χ0) is 21.5. The summed E-state index contributed by atoms with van der Waals surface area (Å²) in [5.41, 5.74) is 3.95. The summed E-state index contributed by atoms with van der Waals surface area (Å²) in [6.07, 6.45) is 1.49. The Labute approximate surface area is 173 Å². The van der Waals surface area contributed by atoms with E-state index < -0.39 is 5.82 Å². The zero-order valence-electron chi connectivity index (χ0n) is 16.4. The molecule has 3 rings (SSSR count). The Kier molecular flexibility index (Phi) is 6.77. The van der Waals surface area contributed by atoms with Gasteiger partial charge in [0.1, 0.15) is 17.5 Å². The van der Waals surface area contributed by atoms with Crippen molar-refractivity contribution in [2.75, 3.05) is 43.7 Å². The third kappa shape index (κ3) is 4.82. The van der Waals surface area contributed by atoms with E-state index in [9.17, 15) is 9.59 Å². The maximum Gasteiger partial charge on any atom is 0.409 e. The van der Waals surface area contributed by atoms with Gasteiger partial charge in [0.15, 0.2) is 5.82 Å². The maximum absolute atomic E-state index is 15.1. The second kappa shape index (κ2) is 9.67. The van der Waals surface area contributed by atoms with Gasteiger partial charge in [-0.05, 0) is 18.2 Å². The molecule has 10 heteroatoms. The molecule has 0 unspecified atom stereocenters. The van der Waals surface area contributed by atoms with E-state index in [4.69, 9.17) is 10.00 Å². The molecular formula is C20H21FN6O3. The monoisotopic (exact) mass is 412 g/mol. The molecule has 2 aromatic rings. The van der Waals surface area contributed by atoms with Crippen LogP contribution in [-0.4, -0.2) is 60.6 Å². The fourth-order valence-corrected chi connectivity index (χ4v) is 3.14. The van der Waals surface area contributed by atoms with Crippen LogP contribution in [0.1, 0.15) is 11.3 Å². The highest BCUT2D eigenvalue weighted by atomic mass is 19.1. The van der Waals surface area contributed by atoms with E-state index in [1.165, 1.54) is 25.4 Å². The summed E-state index contributed by atoms with van der Waals surface area (Å²) in [5.74, 6) is -0.519. The van der Waals surface area contributed by atoms with E-state index in [1.54, 1.807) is 23.1 Å². The SMILES string of the molecule is COC(=O)N1CCN(Cc2cccc(N(C=O)Nc3ccc(C#N)nc3)c2F)CC1. The maximum atomic E-state index is 15.1. The summed E-state index contributed by atoms with van der Waals surface area (Å²) in [6, 6.07) is 9.80. The number of nitriles is 1. The fraction of sp³-hybridized carbons (Fsp3) is 0.300. The number of carbonyl (C=O) groups is 2. The molecule has 0 spiro atoms. The normalized spacial score (nSPS) is 14.0. The molecule has 30 heavy (non-hydrogen) atoms. The Morgan fingerprint density at radius 3 is 2.70 bits per heavy atom. The van der Waals surface area contributed by atoms with Crippen LogP contribution in [0, 0.1) is 17.1 Å². The van der Waals surface area contributed by atoms with E-state index in [0.717, 1.165) is 5.01 Å². The summed E-state index contributed by atoms with van der Waals surface area (Å²) >= 11 is 0. The molecule has 2 heterocycles. The molecule has 1 saturated heterocycles. The summed E-state index contributed by atoms with van der Waals surface area (Å²) < 4.78 is 19.9. The van der Waals surface area contributed by atoms with Crippen LogP contribution in [0.25, 0.3) is 0 Å². The molecule has 0 aliphatic carbocycles. The first-order chi connectivity index (χ1) is 14.5. The number of pyridine rings is 1. The van der Waals surface area contributed by atoms with Crippen LogP contribution in [0.2, 0.25) is 0 Å². The standard InChI is InChI=1S/C20H21FN6O3/c1-30-20(29)26-9-7-25(8-10-26)13-15-3-2-4-18(19(15)21)27(14-28)24-17-6-5-16(11-22)23-12-17/h2-6,12,14,24H,7-10,13H2,1H3. The summed E-state index contributed by atoms with van der Waals surface area (Å²) in [7, 11) is 1.34. The Morgan fingerprint density at radius 1 is 1.33 bits per heavy atom. The van der Waals surface area contributed by atoms with Gasteiger partial charge in [-0.1, -0.05) is 12.1 Å². The number of carbonyl (C=O) groups excluding carboxylic acids is 2. The highest BCUT2D eigenvalue weighted by Crippen LogP contribution is 2.24. The number of anilines is 2. The molecule has 2 amide bonds. The molecule has 0 atom stereocenters. The lowest BCUT2D eigenvalue weighted by molar-refractivity contribution is -0.107. The number of ether oxygens (including phenoxy) is 1. The number of nitrogens with zero attached hydrogens (tertiary/aromatic N) is 5. The molecule has 1 aliphatic rings. The van der Waals surface area contributed by atoms with Crippen molar-refractivity contribution in [2.45, 2.75) is 6.54 Å². The lowest BCUT2D eigenvalue weighted by atomic mass is 10.1. The number of aromatic nitrogens is 1. The Morgan fingerprint density at radius 2 is 2.10 bits per heavy atom. The topological polar surface area (TPSA) is 102 Å². The quantitative estimate of drug-likeness (QED) is 0.572. The fourth-order valence-electron chi connectivity index (χ4n) is 3.14. The summed E-state index contributed by atoms with van der Waals surface area (Å²) in [6.45, 7) is 2.53. The molecule has 1 N–H and O–H groups in total. The van der Waals surface area contributed by atoms with E-state index in [1.807, 2.05) is 11.0 Å². The first-order valence-corrected chi connectivity index (χ1v) is 9.25. The van der Waals surface area contributed by atoms with Crippen LogP contribution >= 0.6 is 0 Å². The van der Waals surface area contributed by atoms with Crippen LogP contribution in [0.3, 0.4) is 0 Å². The number of hydrogen-bond donors (Lipinski definition) is 1. The minimum atomic E-state index is -0.519. The second-order valence-corrected chi connectivity index (χ2v) is 6.61. The molecule has 0 saturated carbocycles. The minimum Gasteiger partial charge on any atom is -0.453 e. The van der Waals surface area contributed by atoms with Crippen molar-refractivity contribution in [1.82, 2.24) is 14.8 Å². The Bertz CT molecular complexity index is 939. The molecule has 9 nitrogen and oxygen atoms in total. The van der Waals surface area contributed by atoms with E-state index >= 15 is 4.39 Å². The molecule has 1 aromatic carbocycles. The molecule has 0 radical (unpaired) electrons. The van der Waals surface area contributed by atoms with Gasteiger partial charge >= 0.3 is 6.09 Å². The van der Waals surface area contributed by atoms with Crippen molar-refractivity contribution in [3.05, 3.63) is 53.6 Å². The van der Waals surface area contributed by atoms with Crippen LogP contribution in [0.4, 0.5) is 20.6 Å². The van der Waals surface area contributed by atoms with Gasteiger partial charge in [0.25, 0.3) is 0 Å². The molecule has 1 fully saturated rings. The van der Waals surface area contributed by atoms with E-state index in [2.05, 4.69) is 10.4 Å².